The predicted octanol–water partition coefficient (Wildman–Crippen LogP) is 1.32. The number of aromatic amines is 1. The van der Waals surface area contributed by atoms with Gasteiger partial charge in [-0.25, -0.2) is 9.18 Å². The molecule has 1 heterocycles. The number of carboxylic acids is 1. The highest BCUT2D eigenvalue weighted by atomic mass is 19.1. The van der Waals surface area contributed by atoms with E-state index in [2.05, 4.69) is 25.9 Å². The maximum Gasteiger partial charge on any atom is 0.335 e. The summed E-state index contributed by atoms with van der Waals surface area (Å²) < 4.78 is 13.7. The Morgan fingerprint density at radius 3 is 2.90 bits per heavy atom. The second kappa shape index (κ2) is 5.79. The molecule has 0 radical (unpaired) electrons. The maximum atomic E-state index is 13.7. The zero-order chi connectivity index (χ0) is 15.4. The second-order valence-corrected chi connectivity index (χ2v) is 3.99. The Balaban J connectivity index is 2.35. The number of H-pyrrole nitrogens is 1. The molecule has 0 saturated carbocycles. The minimum atomic E-state index is -1.25. The van der Waals surface area contributed by atoms with Crippen LogP contribution in [-0.2, 0) is 0 Å². The van der Waals surface area contributed by atoms with Crippen LogP contribution in [0.1, 0.15) is 21.7 Å². The van der Waals surface area contributed by atoms with Crippen molar-refractivity contribution in [3.8, 4) is 6.07 Å². The number of aromatic carboxylic acids is 1. The molecule has 1 aromatic carbocycles. The number of carbonyl (C=O) groups is 1. The lowest BCUT2D eigenvalue weighted by Crippen LogP contribution is -2.02. The standard InChI is InChI=1S/C12H9FN6O2/c1-6-9(13)2-7(12(20)21)3-10(6)15-5-8(4-14)11-16-18-19-17-11/h2-3,5,15H,1H3,(H,20,21)(H,16,17,18,19). The molecular weight excluding hydrogens is 279 g/mol. The van der Waals surface area contributed by atoms with Gasteiger partial charge in [-0.1, -0.05) is 0 Å². The topological polar surface area (TPSA) is 128 Å². The van der Waals surface area contributed by atoms with Crippen LogP contribution >= 0.6 is 0 Å². The van der Waals surface area contributed by atoms with E-state index in [1.54, 1.807) is 0 Å². The Kier molecular flexibility index (Phi) is 3.90. The van der Waals surface area contributed by atoms with Crippen molar-refractivity contribution in [2.75, 3.05) is 5.32 Å². The molecule has 0 saturated heterocycles. The van der Waals surface area contributed by atoms with Gasteiger partial charge in [-0.2, -0.15) is 10.5 Å². The lowest BCUT2D eigenvalue weighted by atomic mass is 10.1. The summed E-state index contributed by atoms with van der Waals surface area (Å²) in [5.41, 5.74) is 0.307. The largest absolute Gasteiger partial charge is 0.478 e. The van der Waals surface area contributed by atoms with Gasteiger partial charge in [0.15, 0.2) is 0 Å². The van der Waals surface area contributed by atoms with Crippen LogP contribution in [0.2, 0.25) is 0 Å². The van der Waals surface area contributed by atoms with Gasteiger partial charge >= 0.3 is 5.97 Å². The average Bonchev–Trinajstić information content (AvgIpc) is 2.97. The molecule has 0 unspecified atom stereocenters. The van der Waals surface area contributed by atoms with Crippen molar-refractivity contribution in [2.24, 2.45) is 0 Å². The highest BCUT2D eigenvalue weighted by Gasteiger charge is 2.12. The van der Waals surface area contributed by atoms with Gasteiger partial charge < -0.3 is 10.4 Å². The maximum absolute atomic E-state index is 13.7. The molecule has 0 spiro atoms. The molecule has 9 heteroatoms. The molecule has 0 atom stereocenters. The van der Waals surface area contributed by atoms with E-state index in [4.69, 9.17) is 10.4 Å². The Morgan fingerprint density at radius 2 is 2.33 bits per heavy atom. The number of anilines is 1. The van der Waals surface area contributed by atoms with Crippen LogP contribution in [0.3, 0.4) is 0 Å². The molecule has 2 rings (SSSR count). The van der Waals surface area contributed by atoms with E-state index in [0.29, 0.717) is 0 Å². The zero-order valence-electron chi connectivity index (χ0n) is 10.8. The van der Waals surface area contributed by atoms with E-state index in [-0.39, 0.29) is 28.2 Å². The van der Waals surface area contributed by atoms with Gasteiger partial charge in [0.1, 0.15) is 17.5 Å². The van der Waals surface area contributed by atoms with Crippen molar-refractivity contribution in [3.63, 3.8) is 0 Å². The van der Waals surface area contributed by atoms with Gasteiger partial charge in [0, 0.05) is 17.5 Å². The predicted molar refractivity (Wildman–Crippen MR) is 69.5 cm³/mol. The molecule has 0 bridgehead atoms. The minimum Gasteiger partial charge on any atom is -0.478 e. The normalized spacial score (nSPS) is 11.0. The molecule has 21 heavy (non-hydrogen) atoms. The van der Waals surface area contributed by atoms with E-state index in [9.17, 15) is 9.18 Å². The number of allylic oxidation sites excluding steroid dienone is 1. The number of hydrogen-bond donors (Lipinski definition) is 3. The Labute approximate surface area is 117 Å². The zero-order valence-corrected chi connectivity index (χ0v) is 10.8. The van der Waals surface area contributed by atoms with Crippen LogP contribution < -0.4 is 5.32 Å². The first-order valence-electron chi connectivity index (χ1n) is 5.67. The molecule has 106 valence electrons. The smallest absolute Gasteiger partial charge is 0.335 e. The van der Waals surface area contributed by atoms with Crippen molar-refractivity contribution >= 4 is 17.2 Å². The van der Waals surface area contributed by atoms with Crippen LogP contribution in [-0.4, -0.2) is 31.7 Å². The van der Waals surface area contributed by atoms with Crippen LogP contribution in [0, 0.1) is 24.1 Å². The average molecular weight is 288 g/mol. The number of tetrazole rings is 1. The van der Waals surface area contributed by atoms with E-state index in [1.807, 2.05) is 6.07 Å². The fraction of sp³-hybridized carbons (Fsp3) is 0.0833. The fourth-order valence-electron chi connectivity index (χ4n) is 1.52. The van der Waals surface area contributed by atoms with Crippen molar-refractivity contribution in [3.05, 3.63) is 41.1 Å². The quantitative estimate of drug-likeness (QED) is 0.724. The number of carboxylic acid groups (broad SMARTS) is 1. The van der Waals surface area contributed by atoms with Crippen LogP contribution in [0.25, 0.3) is 5.57 Å². The summed E-state index contributed by atoms with van der Waals surface area (Å²) in [7, 11) is 0. The highest BCUT2D eigenvalue weighted by molar-refractivity contribution is 5.89. The molecular formula is C12H9FN6O2. The summed E-state index contributed by atoms with van der Waals surface area (Å²) in [5, 5.41) is 33.4. The molecule has 2 aromatic rings. The van der Waals surface area contributed by atoms with Crippen LogP contribution in [0.4, 0.5) is 10.1 Å². The summed E-state index contributed by atoms with van der Waals surface area (Å²) in [6, 6.07) is 4.04. The lowest BCUT2D eigenvalue weighted by molar-refractivity contribution is 0.0696. The van der Waals surface area contributed by atoms with Gasteiger partial charge in [-0.3, -0.25) is 0 Å². The van der Waals surface area contributed by atoms with Gasteiger partial charge in [0.2, 0.25) is 5.82 Å². The van der Waals surface area contributed by atoms with Gasteiger partial charge in [0.05, 0.1) is 5.56 Å². The number of nitrogens with zero attached hydrogens (tertiary/aromatic N) is 4. The van der Waals surface area contributed by atoms with E-state index < -0.39 is 11.8 Å². The molecule has 0 aliphatic carbocycles. The third-order valence-electron chi connectivity index (χ3n) is 2.67. The van der Waals surface area contributed by atoms with Crippen molar-refractivity contribution in [2.45, 2.75) is 6.92 Å². The summed E-state index contributed by atoms with van der Waals surface area (Å²) >= 11 is 0. The minimum absolute atomic E-state index is 0.0595. The Morgan fingerprint density at radius 1 is 1.57 bits per heavy atom. The first kappa shape index (κ1) is 14.1. The molecule has 0 fully saturated rings. The third-order valence-corrected chi connectivity index (χ3v) is 2.67. The number of rotatable bonds is 4. The SMILES string of the molecule is Cc1c(F)cc(C(=O)O)cc1NC=C(C#N)c1nn[nH]n1. The number of benzene rings is 1. The molecule has 0 aliphatic rings. The number of halogens is 1. The Hall–Kier alpha value is -3.28. The molecule has 3 N–H and O–H groups in total. The van der Waals surface area contributed by atoms with Crippen molar-refractivity contribution in [1.82, 2.24) is 20.6 Å². The van der Waals surface area contributed by atoms with Crippen LogP contribution in [0.5, 0.6) is 0 Å². The fourth-order valence-corrected chi connectivity index (χ4v) is 1.52. The highest BCUT2D eigenvalue weighted by Crippen LogP contribution is 2.21. The molecule has 0 amide bonds. The first-order valence-corrected chi connectivity index (χ1v) is 5.67. The monoisotopic (exact) mass is 288 g/mol. The van der Waals surface area contributed by atoms with Gasteiger partial charge in [0.25, 0.3) is 0 Å². The van der Waals surface area contributed by atoms with Crippen molar-refractivity contribution < 1.29 is 14.3 Å². The first-order chi connectivity index (χ1) is 10.0. The third kappa shape index (κ3) is 3.01. The number of nitriles is 1. The number of aromatic nitrogens is 4. The van der Waals surface area contributed by atoms with Gasteiger partial charge in [-0.05, 0) is 24.3 Å². The summed E-state index contributed by atoms with van der Waals surface area (Å²) in [6.07, 6.45) is 1.25. The molecule has 0 aliphatic heterocycles. The summed E-state index contributed by atoms with van der Waals surface area (Å²) in [5.74, 6) is -1.85. The number of hydrogen-bond acceptors (Lipinski definition) is 6. The van der Waals surface area contributed by atoms with Gasteiger partial charge in [-0.15, -0.1) is 10.2 Å². The molecule has 1 aromatic heterocycles. The summed E-state index contributed by atoms with van der Waals surface area (Å²) in [6.45, 7) is 1.48. The van der Waals surface area contributed by atoms with E-state index in [0.717, 1.165) is 6.07 Å². The van der Waals surface area contributed by atoms with E-state index >= 15 is 0 Å². The van der Waals surface area contributed by atoms with Crippen LogP contribution in [0.15, 0.2) is 18.3 Å². The Bertz CT molecular complexity index is 748. The lowest BCUT2D eigenvalue weighted by Gasteiger charge is -2.08. The second-order valence-electron chi connectivity index (χ2n) is 3.99. The molecule has 8 nitrogen and oxygen atoms in total. The summed E-state index contributed by atoms with van der Waals surface area (Å²) in [4.78, 5) is 10.9. The number of nitrogens with one attached hydrogen (secondary N) is 2. The van der Waals surface area contributed by atoms with Crippen molar-refractivity contribution in [1.29, 1.82) is 5.26 Å². The van der Waals surface area contributed by atoms with E-state index in [1.165, 1.54) is 19.2 Å².